The second-order valence-electron chi connectivity index (χ2n) is 2.26. The predicted octanol–water partition coefficient (Wildman–Crippen LogP) is 1.75. The van der Waals surface area contributed by atoms with E-state index in [1.807, 2.05) is 0 Å². The normalized spacial score (nSPS) is 21.2. The molecular weight excluding hydrogens is 128 g/mol. The van der Waals surface area contributed by atoms with Gasteiger partial charge < -0.3 is 10.2 Å². The fraction of sp³-hybridized carbons (Fsp3) is 0. The van der Waals surface area contributed by atoms with E-state index in [0.717, 1.165) is 11.1 Å². The molecule has 0 aromatic carbocycles. The van der Waals surface area contributed by atoms with Crippen LogP contribution in [-0.2, 0) is 0 Å². The lowest BCUT2D eigenvalue weighted by molar-refractivity contribution is 0.426. The third-order valence-corrected chi connectivity index (χ3v) is 1.66. The molecule has 0 atom stereocenters. The van der Waals surface area contributed by atoms with Crippen molar-refractivity contribution in [1.29, 1.82) is 0 Å². The Balaban J connectivity index is 2.64. The maximum Gasteiger partial charge on any atom is 0.123 e. The standard InChI is InChI=1S/C8H6O2/c9-7-3-1-5-6(7)2-4-8(5)10/h1-4,9-10H. The molecule has 0 aromatic heterocycles. The van der Waals surface area contributed by atoms with Crippen LogP contribution in [0.5, 0.6) is 0 Å². The fourth-order valence-corrected chi connectivity index (χ4v) is 1.13. The van der Waals surface area contributed by atoms with Crippen molar-refractivity contribution < 1.29 is 10.2 Å². The first-order valence-electron chi connectivity index (χ1n) is 3.02. The molecule has 2 rings (SSSR count). The molecular formula is C8H6O2. The van der Waals surface area contributed by atoms with Gasteiger partial charge in [0.15, 0.2) is 0 Å². The van der Waals surface area contributed by atoms with Crippen LogP contribution in [0.1, 0.15) is 0 Å². The molecule has 50 valence electrons. The van der Waals surface area contributed by atoms with Gasteiger partial charge in [0.25, 0.3) is 0 Å². The Hall–Kier alpha value is -1.44. The molecule has 0 bridgehead atoms. The van der Waals surface area contributed by atoms with Crippen LogP contribution in [0, 0.1) is 0 Å². The summed E-state index contributed by atoms with van der Waals surface area (Å²) in [5.41, 5.74) is 1.44. The maximum atomic E-state index is 9.11. The first-order valence-corrected chi connectivity index (χ1v) is 3.02. The molecule has 0 fully saturated rings. The van der Waals surface area contributed by atoms with Gasteiger partial charge in [-0.3, -0.25) is 0 Å². The van der Waals surface area contributed by atoms with E-state index in [9.17, 15) is 0 Å². The zero-order valence-corrected chi connectivity index (χ0v) is 5.20. The Morgan fingerprint density at radius 1 is 0.700 bits per heavy atom. The van der Waals surface area contributed by atoms with Crippen LogP contribution in [0.3, 0.4) is 0 Å². The molecule has 0 aliphatic heterocycles. The van der Waals surface area contributed by atoms with Gasteiger partial charge in [0, 0.05) is 11.1 Å². The summed E-state index contributed by atoms with van der Waals surface area (Å²) in [6, 6.07) is 0. The molecule has 0 amide bonds. The molecule has 2 heteroatoms. The number of allylic oxidation sites excluding steroid dienone is 6. The van der Waals surface area contributed by atoms with Crippen LogP contribution in [0.15, 0.2) is 47.0 Å². The second-order valence-corrected chi connectivity index (χ2v) is 2.26. The van der Waals surface area contributed by atoms with Crippen LogP contribution in [0.4, 0.5) is 0 Å². The Labute approximate surface area is 58.1 Å². The van der Waals surface area contributed by atoms with Crippen molar-refractivity contribution >= 4 is 0 Å². The lowest BCUT2D eigenvalue weighted by Crippen LogP contribution is -1.79. The summed E-state index contributed by atoms with van der Waals surface area (Å²) in [7, 11) is 0. The number of aliphatic hydroxyl groups excluding tert-OH is 2. The molecule has 0 radical (unpaired) electrons. The number of fused-ring (bicyclic) bond motifs is 1. The lowest BCUT2D eigenvalue weighted by atomic mass is 10.2. The van der Waals surface area contributed by atoms with Crippen LogP contribution in [-0.4, -0.2) is 10.2 Å². The summed E-state index contributed by atoms with van der Waals surface area (Å²) in [5.74, 6) is 0.464. The van der Waals surface area contributed by atoms with Crippen molar-refractivity contribution in [3.05, 3.63) is 47.0 Å². The van der Waals surface area contributed by atoms with Crippen LogP contribution in [0.2, 0.25) is 0 Å². The van der Waals surface area contributed by atoms with Crippen molar-refractivity contribution in [3.63, 3.8) is 0 Å². The van der Waals surface area contributed by atoms with Crippen LogP contribution in [0.25, 0.3) is 0 Å². The predicted molar refractivity (Wildman–Crippen MR) is 37.6 cm³/mol. The summed E-state index contributed by atoms with van der Waals surface area (Å²) in [4.78, 5) is 0. The number of aliphatic hydroxyl groups is 2. The van der Waals surface area contributed by atoms with Gasteiger partial charge in [-0.25, -0.2) is 0 Å². The zero-order chi connectivity index (χ0) is 7.14. The number of rotatable bonds is 0. The Morgan fingerprint density at radius 2 is 1.10 bits per heavy atom. The highest BCUT2D eigenvalue weighted by Crippen LogP contribution is 2.31. The summed E-state index contributed by atoms with van der Waals surface area (Å²) in [5, 5.41) is 18.2. The van der Waals surface area contributed by atoms with Gasteiger partial charge in [-0.2, -0.15) is 0 Å². The molecule has 2 nitrogen and oxygen atoms in total. The minimum absolute atomic E-state index is 0.232. The van der Waals surface area contributed by atoms with Crippen molar-refractivity contribution in [2.45, 2.75) is 0 Å². The monoisotopic (exact) mass is 134 g/mol. The molecule has 0 aromatic rings. The van der Waals surface area contributed by atoms with E-state index >= 15 is 0 Å². The van der Waals surface area contributed by atoms with Gasteiger partial charge in [0.1, 0.15) is 11.5 Å². The smallest absolute Gasteiger partial charge is 0.123 e. The molecule has 0 saturated heterocycles. The van der Waals surface area contributed by atoms with Gasteiger partial charge in [-0.1, -0.05) is 0 Å². The third kappa shape index (κ3) is 0.480. The van der Waals surface area contributed by atoms with E-state index in [-0.39, 0.29) is 11.5 Å². The zero-order valence-electron chi connectivity index (χ0n) is 5.20. The quantitative estimate of drug-likeness (QED) is 0.529. The molecule has 0 spiro atoms. The number of hydrogen-bond acceptors (Lipinski definition) is 2. The van der Waals surface area contributed by atoms with Crippen molar-refractivity contribution in [2.24, 2.45) is 0 Å². The average molecular weight is 134 g/mol. The van der Waals surface area contributed by atoms with Crippen molar-refractivity contribution in [3.8, 4) is 0 Å². The fourth-order valence-electron chi connectivity index (χ4n) is 1.13. The van der Waals surface area contributed by atoms with Gasteiger partial charge in [0.2, 0.25) is 0 Å². The highest BCUT2D eigenvalue weighted by molar-refractivity contribution is 5.63. The van der Waals surface area contributed by atoms with Gasteiger partial charge in [0.05, 0.1) is 0 Å². The molecule has 0 saturated carbocycles. The largest absolute Gasteiger partial charge is 0.507 e. The summed E-state index contributed by atoms with van der Waals surface area (Å²) >= 11 is 0. The van der Waals surface area contributed by atoms with Crippen LogP contribution < -0.4 is 0 Å². The van der Waals surface area contributed by atoms with E-state index in [2.05, 4.69) is 0 Å². The summed E-state index contributed by atoms with van der Waals surface area (Å²) < 4.78 is 0. The molecule has 10 heavy (non-hydrogen) atoms. The Kier molecular flexibility index (Phi) is 0.822. The van der Waals surface area contributed by atoms with Crippen molar-refractivity contribution in [1.82, 2.24) is 0 Å². The Morgan fingerprint density at radius 3 is 1.50 bits per heavy atom. The first kappa shape index (κ1) is 5.35. The number of hydrogen-bond donors (Lipinski definition) is 2. The average Bonchev–Trinajstić information content (AvgIpc) is 2.41. The molecule has 2 N–H and O–H groups in total. The topological polar surface area (TPSA) is 40.5 Å². The minimum atomic E-state index is 0.232. The Bertz CT molecular complexity index is 271. The van der Waals surface area contributed by atoms with E-state index in [1.165, 1.54) is 0 Å². The van der Waals surface area contributed by atoms with Crippen LogP contribution >= 0.6 is 0 Å². The third-order valence-electron chi connectivity index (χ3n) is 1.66. The summed E-state index contributed by atoms with van der Waals surface area (Å²) in [6.45, 7) is 0. The first-order chi connectivity index (χ1) is 4.79. The highest BCUT2D eigenvalue weighted by atomic mass is 16.3. The van der Waals surface area contributed by atoms with E-state index in [1.54, 1.807) is 24.3 Å². The van der Waals surface area contributed by atoms with E-state index < -0.39 is 0 Å². The molecule has 0 unspecified atom stereocenters. The molecule has 0 heterocycles. The lowest BCUT2D eigenvalue weighted by Gasteiger charge is -1.91. The van der Waals surface area contributed by atoms with Crippen molar-refractivity contribution in [2.75, 3.05) is 0 Å². The molecule has 2 aliphatic rings. The minimum Gasteiger partial charge on any atom is -0.507 e. The summed E-state index contributed by atoms with van der Waals surface area (Å²) in [6.07, 6.45) is 6.54. The SMILES string of the molecule is OC1=C2C=CC(O)=C2C=C1. The van der Waals surface area contributed by atoms with E-state index in [4.69, 9.17) is 10.2 Å². The van der Waals surface area contributed by atoms with Gasteiger partial charge in [-0.15, -0.1) is 0 Å². The van der Waals surface area contributed by atoms with Gasteiger partial charge in [-0.05, 0) is 24.3 Å². The van der Waals surface area contributed by atoms with Gasteiger partial charge >= 0.3 is 0 Å². The highest BCUT2D eigenvalue weighted by Gasteiger charge is 2.18. The van der Waals surface area contributed by atoms with E-state index in [0.29, 0.717) is 0 Å². The maximum absolute atomic E-state index is 9.11. The second kappa shape index (κ2) is 1.53. The molecule has 2 aliphatic carbocycles.